The van der Waals surface area contributed by atoms with Crippen molar-refractivity contribution in [2.24, 2.45) is 5.73 Å². The highest BCUT2D eigenvalue weighted by Crippen LogP contribution is 2.14. The lowest BCUT2D eigenvalue weighted by molar-refractivity contribution is 0.899. The average molecular weight is 239 g/mol. The van der Waals surface area contributed by atoms with E-state index in [4.69, 9.17) is 5.73 Å². The highest BCUT2D eigenvalue weighted by molar-refractivity contribution is 5.76. The molecule has 0 unspecified atom stereocenters. The Balaban J connectivity index is 2.03. The van der Waals surface area contributed by atoms with E-state index in [0.717, 1.165) is 23.0 Å². The van der Waals surface area contributed by atoms with Crippen molar-refractivity contribution in [3.63, 3.8) is 0 Å². The van der Waals surface area contributed by atoms with Crippen molar-refractivity contribution in [1.82, 2.24) is 19.5 Å². The van der Waals surface area contributed by atoms with E-state index < -0.39 is 0 Å². The van der Waals surface area contributed by atoms with E-state index in [1.54, 1.807) is 6.33 Å². The van der Waals surface area contributed by atoms with Gasteiger partial charge in [0.1, 0.15) is 6.33 Å². The number of hydrogen-bond donors (Lipinski definition) is 1. The van der Waals surface area contributed by atoms with Gasteiger partial charge in [-0.2, -0.15) is 0 Å². The van der Waals surface area contributed by atoms with Gasteiger partial charge in [0.2, 0.25) is 5.95 Å². The third kappa shape index (κ3) is 1.84. The third-order valence-corrected chi connectivity index (χ3v) is 2.79. The van der Waals surface area contributed by atoms with Crippen molar-refractivity contribution in [1.29, 1.82) is 0 Å². The summed E-state index contributed by atoms with van der Waals surface area (Å²) in [6.07, 6.45) is 6.15. The van der Waals surface area contributed by atoms with Gasteiger partial charge in [-0.05, 0) is 30.7 Å². The summed E-state index contributed by atoms with van der Waals surface area (Å²) < 4.78 is 1.88. The Morgan fingerprint density at radius 3 is 2.61 bits per heavy atom. The molecule has 0 saturated heterocycles. The van der Waals surface area contributed by atoms with Gasteiger partial charge in [-0.3, -0.25) is 4.57 Å². The van der Waals surface area contributed by atoms with E-state index in [9.17, 15) is 0 Å². The zero-order valence-electron chi connectivity index (χ0n) is 9.82. The fraction of sp³-hybridized carbons (Fsp3) is 0.154. The summed E-state index contributed by atoms with van der Waals surface area (Å²) >= 11 is 0. The lowest BCUT2D eigenvalue weighted by Crippen LogP contribution is -2.05. The van der Waals surface area contributed by atoms with E-state index in [2.05, 4.69) is 15.0 Å². The standard InChI is InChI=1S/C13H13N5/c14-6-5-10-7-15-13(16-8-10)18-9-17-11-3-1-2-4-12(11)18/h1-4,7-9H,5-6,14H2. The molecule has 3 aromatic rings. The molecule has 1 aromatic carbocycles. The van der Waals surface area contributed by atoms with Gasteiger partial charge >= 0.3 is 0 Å². The molecule has 0 spiro atoms. The predicted molar refractivity (Wildman–Crippen MR) is 69.4 cm³/mol. The molecule has 0 saturated carbocycles. The van der Waals surface area contributed by atoms with E-state index in [1.165, 1.54) is 0 Å². The van der Waals surface area contributed by atoms with Gasteiger partial charge in [-0.25, -0.2) is 15.0 Å². The molecule has 2 N–H and O–H groups in total. The molecule has 0 radical (unpaired) electrons. The zero-order valence-corrected chi connectivity index (χ0v) is 9.82. The largest absolute Gasteiger partial charge is 0.330 e. The molecule has 0 aliphatic heterocycles. The van der Waals surface area contributed by atoms with Crippen LogP contribution in [-0.4, -0.2) is 26.1 Å². The Morgan fingerprint density at radius 1 is 1.06 bits per heavy atom. The molecule has 0 bridgehead atoms. The Hall–Kier alpha value is -2.27. The van der Waals surface area contributed by atoms with Gasteiger partial charge in [0, 0.05) is 12.4 Å². The summed E-state index contributed by atoms with van der Waals surface area (Å²) in [6, 6.07) is 7.91. The number of nitrogens with two attached hydrogens (primary N) is 1. The number of nitrogens with zero attached hydrogens (tertiary/aromatic N) is 4. The van der Waals surface area contributed by atoms with Gasteiger partial charge < -0.3 is 5.73 Å². The van der Waals surface area contributed by atoms with Crippen LogP contribution in [0.5, 0.6) is 0 Å². The van der Waals surface area contributed by atoms with Gasteiger partial charge in [-0.15, -0.1) is 0 Å². The maximum atomic E-state index is 5.50. The summed E-state index contributed by atoms with van der Waals surface area (Å²) in [5, 5.41) is 0. The van der Waals surface area contributed by atoms with Crippen molar-refractivity contribution < 1.29 is 0 Å². The quantitative estimate of drug-likeness (QED) is 0.748. The molecule has 0 amide bonds. The molecule has 0 atom stereocenters. The Morgan fingerprint density at radius 2 is 1.83 bits per heavy atom. The molecule has 2 aromatic heterocycles. The molecule has 0 aliphatic carbocycles. The lowest BCUT2D eigenvalue weighted by Gasteiger charge is -2.03. The first kappa shape index (κ1) is 10.9. The molecular formula is C13H13N5. The van der Waals surface area contributed by atoms with Gasteiger partial charge in [0.25, 0.3) is 0 Å². The second-order valence-corrected chi connectivity index (χ2v) is 4.03. The van der Waals surface area contributed by atoms with Crippen LogP contribution in [0.15, 0.2) is 43.0 Å². The van der Waals surface area contributed by atoms with E-state index >= 15 is 0 Å². The van der Waals surface area contributed by atoms with Crippen LogP contribution in [0, 0.1) is 0 Å². The molecule has 0 fully saturated rings. The van der Waals surface area contributed by atoms with Crippen LogP contribution < -0.4 is 5.73 Å². The number of aromatic nitrogens is 4. The number of para-hydroxylation sites is 2. The smallest absolute Gasteiger partial charge is 0.235 e. The third-order valence-electron chi connectivity index (χ3n) is 2.79. The molecular weight excluding hydrogens is 226 g/mol. The van der Waals surface area contributed by atoms with E-state index in [0.29, 0.717) is 12.5 Å². The first-order valence-corrected chi connectivity index (χ1v) is 5.82. The van der Waals surface area contributed by atoms with Crippen LogP contribution in [0.4, 0.5) is 0 Å². The maximum Gasteiger partial charge on any atom is 0.235 e. The van der Waals surface area contributed by atoms with E-state index in [1.807, 2.05) is 41.2 Å². The highest BCUT2D eigenvalue weighted by atomic mass is 15.2. The van der Waals surface area contributed by atoms with Crippen molar-refractivity contribution in [3.8, 4) is 5.95 Å². The normalized spacial score (nSPS) is 10.9. The number of rotatable bonds is 3. The van der Waals surface area contributed by atoms with Crippen molar-refractivity contribution >= 4 is 11.0 Å². The Kier molecular flexibility index (Phi) is 2.74. The second-order valence-electron chi connectivity index (χ2n) is 4.03. The molecule has 0 aliphatic rings. The van der Waals surface area contributed by atoms with Crippen LogP contribution in [0.3, 0.4) is 0 Å². The van der Waals surface area contributed by atoms with Crippen LogP contribution in [-0.2, 0) is 6.42 Å². The fourth-order valence-electron chi connectivity index (χ4n) is 1.89. The maximum absolute atomic E-state index is 5.50. The van der Waals surface area contributed by atoms with Gasteiger partial charge in [0.15, 0.2) is 0 Å². The number of imidazole rings is 1. The van der Waals surface area contributed by atoms with Crippen LogP contribution in [0.2, 0.25) is 0 Å². The van der Waals surface area contributed by atoms with Crippen molar-refractivity contribution in [2.45, 2.75) is 6.42 Å². The summed E-state index contributed by atoms with van der Waals surface area (Å²) in [6.45, 7) is 0.608. The SMILES string of the molecule is NCCc1cnc(-n2cnc3ccccc32)nc1. The average Bonchev–Trinajstić information content (AvgIpc) is 2.84. The van der Waals surface area contributed by atoms with Crippen molar-refractivity contribution in [2.75, 3.05) is 6.54 Å². The number of fused-ring (bicyclic) bond motifs is 1. The molecule has 5 nitrogen and oxygen atoms in total. The minimum absolute atomic E-state index is 0.608. The van der Waals surface area contributed by atoms with Crippen molar-refractivity contribution in [3.05, 3.63) is 48.5 Å². The minimum atomic E-state index is 0.608. The topological polar surface area (TPSA) is 69.6 Å². The fourth-order valence-corrected chi connectivity index (χ4v) is 1.89. The molecule has 5 heteroatoms. The van der Waals surface area contributed by atoms with Crippen LogP contribution >= 0.6 is 0 Å². The summed E-state index contributed by atoms with van der Waals surface area (Å²) in [5.74, 6) is 0.629. The number of hydrogen-bond acceptors (Lipinski definition) is 4. The molecule has 90 valence electrons. The first-order chi connectivity index (χ1) is 8.88. The van der Waals surface area contributed by atoms with Crippen LogP contribution in [0.25, 0.3) is 17.0 Å². The predicted octanol–water partition coefficient (Wildman–Crippen LogP) is 1.32. The van der Waals surface area contributed by atoms with E-state index in [-0.39, 0.29) is 0 Å². The summed E-state index contributed by atoms with van der Waals surface area (Å²) in [7, 11) is 0. The highest BCUT2D eigenvalue weighted by Gasteiger charge is 2.05. The molecule has 18 heavy (non-hydrogen) atoms. The second kappa shape index (κ2) is 4.54. The Bertz CT molecular complexity index is 656. The summed E-state index contributed by atoms with van der Waals surface area (Å²) in [4.78, 5) is 13.0. The first-order valence-electron chi connectivity index (χ1n) is 5.82. The monoisotopic (exact) mass is 239 g/mol. The summed E-state index contributed by atoms with van der Waals surface area (Å²) in [5.41, 5.74) is 8.48. The Labute approximate surface area is 104 Å². The zero-order chi connectivity index (χ0) is 12.4. The minimum Gasteiger partial charge on any atom is -0.330 e. The van der Waals surface area contributed by atoms with Gasteiger partial charge in [-0.1, -0.05) is 12.1 Å². The lowest BCUT2D eigenvalue weighted by atomic mass is 10.2. The number of benzene rings is 1. The molecule has 3 rings (SSSR count). The molecule has 2 heterocycles. The van der Waals surface area contributed by atoms with Crippen LogP contribution in [0.1, 0.15) is 5.56 Å². The van der Waals surface area contributed by atoms with Gasteiger partial charge in [0.05, 0.1) is 11.0 Å².